The molecule has 0 aliphatic carbocycles. The fourth-order valence-electron chi connectivity index (χ4n) is 2.63. The van der Waals surface area contributed by atoms with Crippen molar-refractivity contribution in [2.45, 2.75) is 15.9 Å². The second-order valence-electron chi connectivity index (χ2n) is 6.03. The van der Waals surface area contributed by atoms with Gasteiger partial charge in [-0.05, 0) is 36.4 Å². The molecular formula is C20H19F2N3O5S2. The average molecular weight is 484 g/mol. The van der Waals surface area contributed by atoms with Gasteiger partial charge in [-0.1, -0.05) is 23.5 Å². The first-order valence-electron chi connectivity index (χ1n) is 9.05. The molecule has 0 saturated carbocycles. The molecule has 3 aromatic rings. The predicted molar refractivity (Wildman–Crippen MR) is 117 cm³/mol. The molecule has 1 heterocycles. The van der Waals surface area contributed by atoms with Gasteiger partial charge in [0.05, 0.1) is 27.1 Å². The highest BCUT2D eigenvalue weighted by Gasteiger charge is 2.18. The molecule has 12 heteroatoms. The molecule has 170 valence electrons. The van der Waals surface area contributed by atoms with Crippen LogP contribution in [-0.4, -0.2) is 48.9 Å². The summed E-state index contributed by atoms with van der Waals surface area (Å²) in [6.07, 6.45) is 0. The SMILES string of the molecule is COc1cc(-c2nnc(SCC(=O)Nc3ccc(SC(F)F)cc3)o2)cc(OC)c1OC. The van der Waals surface area contributed by atoms with Crippen molar-refractivity contribution in [1.82, 2.24) is 10.2 Å². The number of aromatic nitrogens is 2. The molecule has 2 aromatic carbocycles. The zero-order valence-corrected chi connectivity index (χ0v) is 18.9. The van der Waals surface area contributed by atoms with Crippen LogP contribution >= 0.6 is 23.5 Å². The summed E-state index contributed by atoms with van der Waals surface area (Å²) in [6.45, 7) is 0. The Morgan fingerprint density at radius 1 is 1.06 bits per heavy atom. The van der Waals surface area contributed by atoms with E-state index >= 15 is 0 Å². The van der Waals surface area contributed by atoms with Gasteiger partial charge in [0.25, 0.3) is 11.0 Å². The lowest BCUT2D eigenvalue weighted by Crippen LogP contribution is -2.13. The maximum atomic E-state index is 12.4. The van der Waals surface area contributed by atoms with E-state index in [0.29, 0.717) is 45.2 Å². The topological polar surface area (TPSA) is 95.7 Å². The van der Waals surface area contributed by atoms with Crippen LogP contribution in [-0.2, 0) is 4.79 Å². The quantitative estimate of drug-likeness (QED) is 0.408. The van der Waals surface area contributed by atoms with Crippen LogP contribution in [0.2, 0.25) is 0 Å². The minimum atomic E-state index is -2.49. The lowest BCUT2D eigenvalue weighted by Gasteiger charge is -2.12. The number of anilines is 1. The van der Waals surface area contributed by atoms with Crippen LogP contribution < -0.4 is 19.5 Å². The number of benzene rings is 2. The Balaban J connectivity index is 1.61. The summed E-state index contributed by atoms with van der Waals surface area (Å²) in [6, 6.07) is 9.49. The van der Waals surface area contributed by atoms with E-state index in [1.54, 1.807) is 24.3 Å². The number of alkyl halides is 2. The van der Waals surface area contributed by atoms with Crippen molar-refractivity contribution >= 4 is 35.1 Å². The molecule has 0 fully saturated rings. The normalized spacial score (nSPS) is 10.8. The van der Waals surface area contributed by atoms with E-state index in [1.165, 1.54) is 33.5 Å². The van der Waals surface area contributed by atoms with E-state index in [-0.39, 0.29) is 22.8 Å². The number of hydrogen-bond donors (Lipinski definition) is 1. The Morgan fingerprint density at radius 3 is 2.28 bits per heavy atom. The summed E-state index contributed by atoms with van der Waals surface area (Å²) in [4.78, 5) is 12.6. The molecule has 0 aliphatic rings. The summed E-state index contributed by atoms with van der Waals surface area (Å²) in [5, 5.41) is 10.8. The van der Waals surface area contributed by atoms with Gasteiger partial charge in [0, 0.05) is 16.1 Å². The van der Waals surface area contributed by atoms with E-state index in [2.05, 4.69) is 15.5 Å². The van der Waals surface area contributed by atoms with Crippen LogP contribution in [0.5, 0.6) is 17.2 Å². The summed E-state index contributed by atoms with van der Waals surface area (Å²) in [5.41, 5.74) is 1.06. The number of hydrogen-bond acceptors (Lipinski definition) is 9. The number of nitrogens with one attached hydrogen (secondary N) is 1. The third-order valence-corrected chi connectivity index (χ3v) is 5.55. The lowest BCUT2D eigenvalue weighted by atomic mass is 10.2. The van der Waals surface area contributed by atoms with Gasteiger partial charge in [-0.15, -0.1) is 10.2 Å². The van der Waals surface area contributed by atoms with Crippen LogP contribution in [0.3, 0.4) is 0 Å². The van der Waals surface area contributed by atoms with Crippen LogP contribution in [0.4, 0.5) is 14.5 Å². The first-order valence-corrected chi connectivity index (χ1v) is 10.9. The summed E-state index contributed by atoms with van der Waals surface area (Å²) in [7, 11) is 4.50. The third kappa shape index (κ3) is 6.04. The van der Waals surface area contributed by atoms with Gasteiger partial charge in [0.1, 0.15) is 0 Å². The number of methoxy groups -OCH3 is 3. The molecule has 8 nitrogen and oxygen atoms in total. The van der Waals surface area contributed by atoms with Crippen LogP contribution in [0.25, 0.3) is 11.5 Å². The van der Waals surface area contributed by atoms with Crippen molar-refractivity contribution in [2.75, 3.05) is 32.4 Å². The average Bonchev–Trinajstić information content (AvgIpc) is 3.26. The second-order valence-corrected chi connectivity index (χ2v) is 8.02. The summed E-state index contributed by atoms with van der Waals surface area (Å²) < 4.78 is 46.3. The molecule has 0 saturated heterocycles. The smallest absolute Gasteiger partial charge is 0.288 e. The van der Waals surface area contributed by atoms with E-state index < -0.39 is 5.76 Å². The highest BCUT2D eigenvalue weighted by atomic mass is 32.2. The van der Waals surface area contributed by atoms with Crippen molar-refractivity contribution < 1.29 is 32.2 Å². The molecule has 32 heavy (non-hydrogen) atoms. The van der Waals surface area contributed by atoms with Crippen LogP contribution in [0.1, 0.15) is 0 Å². The number of carbonyl (C=O) groups excluding carboxylic acids is 1. The van der Waals surface area contributed by atoms with Gasteiger partial charge >= 0.3 is 0 Å². The number of amides is 1. The first kappa shape index (κ1) is 23.7. The Labute approximate surface area is 191 Å². The van der Waals surface area contributed by atoms with Crippen molar-refractivity contribution in [3.05, 3.63) is 36.4 Å². The molecule has 1 aromatic heterocycles. The second kappa shape index (κ2) is 11.0. The molecular weight excluding hydrogens is 464 g/mol. The van der Waals surface area contributed by atoms with Gasteiger partial charge in [-0.3, -0.25) is 4.79 Å². The largest absolute Gasteiger partial charge is 0.493 e. The molecule has 3 rings (SSSR count). The number of carbonyl (C=O) groups is 1. The molecule has 1 amide bonds. The molecule has 1 N–H and O–H groups in total. The molecule has 0 bridgehead atoms. The number of rotatable bonds is 10. The van der Waals surface area contributed by atoms with E-state index in [9.17, 15) is 13.6 Å². The van der Waals surface area contributed by atoms with Gasteiger partial charge < -0.3 is 23.9 Å². The van der Waals surface area contributed by atoms with Crippen LogP contribution in [0, 0.1) is 0 Å². The number of thioether (sulfide) groups is 2. The molecule has 0 unspecified atom stereocenters. The zero-order chi connectivity index (χ0) is 23.1. The predicted octanol–water partition coefficient (Wildman–Crippen LogP) is 4.81. The standard InChI is InChI=1S/C20H19F2N3O5S2/c1-27-14-8-11(9-15(28-2)17(14)29-3)18-24-25-20(30-18)31-10-16(26)23-12-4-6-13(7-5-12)32-19(21)22/h4-9,19H,10H2,1-3H3,(H,23,26). The van der Waals surface area contributed by atoms with Gasteiger partial charge in [-0.25, -0.2) is 0 Å². The van der Waals surface area contributed by atoms with Crippen LogP contribution in [0.15, 0.2) is 50.9 Å². The summed E-state index contributed by atoms with van der Waals surface area (Å²) in [5.74, 6) is -1.25. The minimum absolute atomic E-state index is 0.0183. The van der Waals surface area contributed by atoms with E-state index in [1.807, 2.05) is 0 Å². The zero-order valence-electron chi connectivity index (χ0n) is 17.3. The molecule has 0 aliphatic heterocycles. The molecule has 0 atom stereocenters. The Morgan fingerprint density at radius 2 is 1.72 bits per heavy atom. The highest BCUT2D eigenvalue weighted by Crippen LogP contribution is 2.41. The van der Waals surface area contributed by atoms with Gasteiger partial charge in [-0.2, -0.15) is 8.78 Å². The van der Waals surface area contributed by atoms with Gasteiger partial charge in [0.15, 0.2) is 11.5 Å². The van der Waals surface area contributed by atoms with Gasteiger partial charge in [0.2, 0.25) is 17.5 Å². The Bertz CT molecular complexity index is 1040. The Kier molecular flexibility index (Phi) is 8.17. The molecule has 0 spiro atoms. The maximum absolute atomic E-state index is 12.4. The van der Waals surface area contributed by atoms with Crippen molar-refractivity contribution in [3.8, 4) is 28.7 Å². The van der Waals surface area contributed by atoms with E-state index in [4.69, 9.17) is 18.6 Å². The number of halogens is 2. The third-order valence-electron chi connectivity index (χ3n) is 4.01. The summed E-state index contributed by atoms with van der Waals surface area (Å²) >= 11 is 1.50. The fourth-order valence-corrected chi connectivity index (χ4v) is 3.70. The lowest BCUT2D eigenvalue weighted by molar-refractivity contribution is -0.113. The number of nitrogens with zero attached hydrogens (tertiary/aromatic N) is 2. The first-order chi connectivity index (χ1) is 15.4. The van der Waals surface area contributed by atoms with Crippen molar-refractivity contribution in [1.29, 1.82) is 0 Å². The minimum Gasteiger partial charge on any atom is -0.493 e. The molecule has 0 radical (unpaired) electrons. The number of ether oxygens (including phenoxy) is 3. The maximum Gasteiger partial charge on any atom is 0.288 e. The fraction of sp³-hybridized carbons (Fsp3) is 0.250. The highest BCUT2D eigenvalue weighted by molar-refractivity contribution is 7.99. The van der Waals surface area contributed by atoms with Crippen molar-refractivity contribution in [3.63, 3.8) is 0 Å². The van der Waals surface area contributed by atoms with E-state index in [0.717, 1.165) is 11.8 Å². The Hall–Kier alpha value is -2.99. The monoisotopic (exact) mass is 483 g/mol. The van der Waals surface area contributed by atoms with Crippen molar-refractivity contribution in [2.24, 2.45) is 0 Å².